The molecule has 2 rings (SSSR count). The molecule has 0 aliphatic rings. The molecule has 0 spiro atoms. The number of hydrogen-bond donors (Lipinski definition) is 1. The third-order valence-electron chi connectivity index (χ3n) is 7.01. The Balaban J connectivity index is 2.12. The summed E-state index contributed by atoms with van der Waals surface area (Å²) in [4.78, 5) is 36.2. The number of nitro benzene ring substituents is 1. The molecule has 0 radical (unpaired) electrons. The van der Waals surface area contributed by atoms with Crippen LogP contribution >= 0.6 is 7.75 Å². The third kappa shape index (κ3) is 16.6. The minimum atomic E-state index is -4.42. The van der Waals surface area contributed by atoms with E-state index in [0.29, 0.717) is 12.8 Å². The molecule has 0 fully saturated rings. The van der Waals surface area contributed by atoms with Crippen molar-refractivity contribution in [3.05, 3.63) is 70.3 Å². The van der Waals surface area contributed by atoms with E-state index in [1.807, 2.05) is 30.3 Å². The standard InChI is InChI=1S/C33H49N2O9P/c1-3-5-7-9-11-16-24-41-32(36)27-43-45(40,44-30-22-20-29(21-23-30)35(38)39)34-31(26-28-18-14-13-15-19-28)33(37)42-25-17-12-10-8-6-4-2/h13-15,18-23,31H,3-12,16-17,24-27H2,1-2H3,(H,34,40)/t31-,45?/m0/s1. The average Bonchev–Trinajstić information content (AvgIpc) is 3.03. The zero-order valence-corrected chi connectivity index (χ0v) is 27.6. The summed E-state index contributed by atoms with van der Waals surface area (Å²) in [7, 11) is -4.42. The molecule has 0 aliphatic carbocycles. The first-order valence-corrected chi connectivity index (χ1v) is 17.6. The van der Waals surface area contributed by atoms with E-state index < -0.39 is 37.3 Å². The van der Waals surface area contributed by atoms with Crippen LogP contribution in [0.4, 0.5) is 5.69 Å². The van der Waals surface area contributed by atoms with Gasteiger partial charge in [-0.25, -0.2) is 9.36 Å². The van der Waals surface area contributed by atoms with Crippen molar-refractivity contribution in [3.63, 3.8) is 0 Å². The molecule has 0 heterocycles. The Bertz CT molecular complexity index is 1180. The molecule has 0 saturated carbocycles. The number of ether oxygens (including phenoxy) is 2. The molecule has 1 unspecified atom stereocenters. The maximum absolute atomic E-state index is 14.1. The summed E-state index contributed by atoms with van der Waals surface area (Å²) < 4.78 is 36.0. The number of hydrogen-bond acceptors (Lipinski definition) is 9. The lowest BCUT2D eigenvalue weighted by molar-refractivity contribution is -0.384. The van der Waals surface area contributed by atoms with Gasteiger partial charge >= 0.3 is 19.7 Å². The number of nitrogens with zero attached hydrogens (tertiary/aromatic N) is 1. The second kappa shape index (κ2) is 22.3. The molecule has 0 bridgehead atoms. The van der Waals surface area contributed by atoms with Gasteiger partial charge in [0.2, 0.25) is 0 Å². The van der Waals surface area contributed by atoms with Crippen molar-refractivity contribution < 1.29 is 37.6 Å². The summed E-state index contributed by atoms with van der Waals surface area (Å²) in [6, 6.07) is 12.9. The summed E-state index contributed by atoms with van der Waals surface area (Å²) in [5.41, 5.74) is 0.580. The Morgan fingerprint density at radius 1 is 0.800 bits per heavy atom. The molecule has 2 aromatic carbocycles. The molecule has 45 heavy (non-hydrogen) atoms. The Kier molecular flexibility index (Phi) is 18.8. The van der Waals surface area contributed by atoms with Gasteiger partial charge in [-0.2, -0.15) is 5.09 Å². The van der Waals surface area contributed by atoms with Crippen molar-refractivity contribution in [1.82, 2.24) is 5.09 Å². The van der Waals surface area contributed by atoms with Crippen LogP contribution in [0.3, 0.4) is 0 Å². The number of nitrogens with one attached hydrogen (secondary N) is 1. The van der Waals surface area contributed by atoms with Crippen LogP contribution in [0.1, 0.15) is 96.5 Å². The predicted molar refractivity (Wildman–Crippen MR) is 173 cm³/mol. The fraction of sp³-hybridized carbons (Fsp3) is 0.576. The van der Waals surface area contributed by atoms with Crippen LogP contribution in [0.15, 0.2) is 54.6 Å². The van der Waals surface area contributed by atoms with Gasteiger partial charge in [-0.3, -0.25) is 19.4 Å². The van der Waals surface area contributed by atoms with Crippen molar-refractivity contribution in [2.45, 2.75) is 103 Å². The first kappa shape index (κ1) is 37.9. The SMILES string of the molecule is CCCCCCCCOC(=O)COP(=O)(N[C@@H](Cc1ccccc1)C(=O)OCCCCCCCC)Oc1ccc([N+](=O)[O-])cc1. The number of rotatable bonds is 25. The second-order valence-electron chi connectivity index (χ2n) is 10.9. The second-order valence-corrected chi connectivity index (χ2v) is 12.6. The summed E-state index contributed by atoms with van der Waals surface area (Å²) in [5.74, 6) is -1.40. The van der Waals surface area contributed by atoms with Gasteiger partial charge in [0.25, 0.3) is 5.69 Å². The van der Waals surface area contributed by atoms with E-state index in [-0.39, 0.29) is 31.1 Å². The summed E-state index contributed by atoms with van der Waals surface area (Å²) in [5, 5.41) is 13.8. The zero-order valence-electron chi connectivity index (χ0n) is 26.7. The Morgan fingerprint density at radius 2 is 1.36 bits per heavy atom. The molecule has 11 nitrogen and oxygen atoms in total. The number of unbranched alkanes of at least 4 members (excludes halogenated alkanes) is 10. The van der Waals surface area contributed by atoms with Crippen LogP contribution in [0.5, 0.6) is 5.75 Å². The van der Waals surface area contributed by atoms with Gasteiger partial charge in [-0.05, 0) is 37.0 Å². The lowest BCUT2D eigenvalue weighted by Crippen LogP contribution is -2.40. The highest BCUT2D eigenvalue weighted by atomic mass is 31.2. The van der Waals surface area contributed by atoms with Crippen LogP contribution < -0.4 is 9.61 Å². The fourth-order valence-corrected chi connectivity index (χ4v) is 5.92. The molecule has 12 heteroatoms. The quantitative estimate of drug-likeness (QED) is 0.0369. The summed E-state index contributed by atoms with van der Waals surface area (Å²) in [6.07, 6.45) is 12.4. The van der Waals surface area contributed by atoms with E-state index in [9.17, 15) is 24.3 Å². The van der Waals surface area contributed by atoms with Crippen molar-refractivity contribution in [3.8, 4) is 5.75 Å². The molecular formula is C33H49N2O9P. The predicted octanol–water partition coefficient (Wildman–Crippen LogP) is 8.11. The fourth-order valence-electron chi connectivity index (χ4n) is 4.48. The molecule has 1 N–H and O–H groups in total. The highest BCUT2D eigenvalue weighted by Gasteiger charge is 2.35. The van der Waals surface area contributed by atoms with Crippen molar-refractivity contribution in [1.29, 1.82) is 0 Å². The van der Waals surface area contributed by atoms with Crippen molar-refractivity contribution >= 4 is 25.4 Å². The van der Waals surface area contributed by atoms with Crippen LogP contribution in [0, 0.1) is 10.1 Å². The lowest BCUT2D eigenvalue weighted by atomic mass is 10.1. The van der Waals surface area contributed by atoms with Crippen LogP contribution in [-0.4, -0.2) is 42.7 Å². The number of carbonyl (C=O) groups is 2. The molecule has 0 aromatic heterocycles. The van der Waals surface area contributed by atoms with Gasteiger partial charge in [0, 0.05) is 12.1 Å². The smallest absolute Gasteiger partial charge is 0.460 e. The highest BCUT2D eigenvalue weighted by molar-refractivity contribution is 7.52. The van der Waals surface area contributed by atoms with Gasteiger partial charge in [-0.1, -0.05) is 108 Å². The maximum Gasteiger partial charge on any atom is 0.460 e. The number of esters is 2. The molecule has 2 atom stereocenters. The minimum Gasteiger partial charge on any atom is -0.465 e. The number of benzene rings is 2. The molecule has 0 saturated heterocycles. The van der Waals surface area contributed by atoms with E-state index in [0.717, 1.165) is 56.9 Å². The Labute approximate surface area is 267 Å². The maximum atomic E-state index is 14.1. The van der Waals surface area contributed by atoms with Gasteiger partial charge in [0.15, 0.2) is 6.61 Å². The summed E-state index contributed by atoms with van der Waals surface area (Å²) >= 11 is 0. The molecule has 2 aromatic rings. The first-order chi connectivity index (χ1) is 21.8. The van der Waals surface area contributed by atoms with E-state index in [4.69, 9.17) is 18.5 Å². The van der Waals surface area contributed by atoms with Gasteiger partial charge in [-0.15, -0.1) is 0 Å². The van der Waals surface area contributed by atoms with Crippen molar-refractivity contribution in [2.75, 3.05) is 19.8 Å². The molecule has 0 aliphatic heterocycles. The van der Waals surface area contributed by atoms with Crippen LogP contribution in [-0.2, 0) is 34.6 Å². The molecular weight excluding hydrogens is 599 g/mol. The molecule has 0 amide bonds. The zero-order chi connectivity index (χ0) is 32.8. The van der Waals surface area contributed by atoms with Crippen LogP contribution in [0.25, 0.3) is 0 Å². The van der Waals surface area contributed by atoms with Gasteiger partial charge in [0.05, 0.1) is 18.1 Å². The van der Waals surface area contributed by atoms with E-state index in [1.165, 1.54) is 37.1 Å². The van der Waals surface area contributed by atoms with E-state index >= 15 is 0 Å². The average molecular weight is 649 g/mol. The monoisotopic (exact) mass is 648 g/mol. The lowest BCUT2D eigenvalue weighted by Gasteiger charge is -2.24. The summed E-state index contributed by atoms with van der Waals surface area (Å²) in [6.45, 7) is 4.00. The third-order valence-corrected chi connectivity index (χ3v) is 8.56. The number of carbonyl (C=O) groups excluding carboxylic acids is 2. The Morgan fingerprint density at radius 3 is 1.93 bits per heavy atom. The Hall–Kier alpha value is -3.27. The number of nitro groups is 1. The normalized spacial score (nSPS) is 13.0. The highest BCUT2D eigenvalue weighted by Crippen LogP contribution is 2.45. The van der Waals surface area contributed by atoms with E-state index in [1.54, 1.807) is 0 Å². The first-order valence-electron chi connectivity index (χ1n) is 16.1. The minimum absolute atomic E-state index is 0.0178. The van der Waals surface area contributed by atoms with Crippen LogP contribution in [0.2, 0.25) is 0 Å². The molecule has 250 valence electrons. The largest absolute Gasteiger partial charge is 0.465 e. The van der Waals surface area contributed by atoms with Gasteiger partial charge < -0.3 is 14.0 Å². The van der Waals surface area contributed by atoms with E-state index in [2.05, 4.69) is 18.9 Å². The number of non-ortho nitro benzene ring substituents is 1. The topological polar surface area (TPSA) is 143 Å². The van der Waals surface area contributed by atoms with Crippen molar-refractivity contribution in [2.24, 2.45) is 0 Å². The van der Waals surface area contributed by atoms with Gasteiger partial charge in [0.1, 0.15) is 11.8 Å².